The fourth-order valence-corrected chi connectivity index (χ4v) is 2.71. The summed E-state index contributed by atoms with van der Waals surface area (Å²) in [5.41, 5.74) is 9.91. The summed E-state index contributed by atoms with van der Waals surface area (Å²) in [7, 11) is 0. The third-order valence-corrected chi connectivity index (χ3v) is 3.68. The van der Waals surface area contributed by atoms with Gasteiger partial charge >= 0.3 is 0 Å². The second kappa shape index (κ2) is 4.21. The van der Waals surface area contributed by atoms with Gasteiger partial charge in [-0.3, -0.25) is 0 Å². The maximum absolute atomic E-state index is 14.2. The van der Waals surface area contributed by atoms with Crippen LogP contribution < -0.4 is 5.73 Å². The Bertz CT molecular complexity index is 589. The molecule has 0 radical (unpaired) electrons. The van der Waals surface area contributed by atoms with E-state index in [1.165, 1.54) is 10.2 Å². The fraction of sp³-hybridized carbons (Fsp3) is 0.357. The van der Waals surface area contributed by atoms with Gasteiger partial charge in [0, 0.05) is 12.6 Å². The minimum absolute atomic E-state index is 0.0873. The molecule has 2 N–H and O–H groups in total. The van der Waals surface area contributed by atoms with E-state index < -0.39 is 0 Å². The number of halogens is 1. The molecular formula is C14H16FN3. The smallest absolute Gasteiger partial charge is 0.219 e. The molecule has 0 fully saturated rings. The third-order valence-electron chi connectivity index (χ3n) is 3.68. The van der Waals surface area contributed by atoms with Crippen molar-refractivity contribution >= 4 is 0 Å². The van der Waals surface area contributed by atoms with Gasteiger partial charge in [-0.25, -0.2) is 4.68 Å². The summed E-state index contributed by atoms with van der Waals surface area (Å²) in [6.07, 6.45) is 3.47. The molecule has 0 bridgehead atoms. The van der Waals surface area contributed by atoms with Crippen molar-refractivity contribution in [2.24, 2.45) is 5.73 Å². The van der Waals surface area contributed by atoms with Crippen LogP contribution in [0.2, 0.25) is 0 Å². The molecule has 3 nitrogen and oxygen atoms in total. The first-order valence-electron chi connectivity index (χ1n) is 6.31. The average molecular weight is 245 g/mol. The number of nitrogens with zero attached hydrogens (tertiary/aromatic N) is 2. The van der Waals surface area contributed by atoms with E-state index in [-0.39, 0.29) is 12.0 Å². The van der Waals surface area contributed by atoms with Crippen LogP contribution in [-0.2, 0) is 13.0 Å². The highest BCUT2D eigenvalue weighted by molar-refractivity contribution is 5.69. The van der Waals surface area contributed by atoms with Crippen LogP contribution in [0, 0.1) is 5.95 Å². The quantitative estimate of drug-likeness (QED) is 0.884. The van der Waals surface area contributed by atoms with Crippen molar-refractivity contribution in [2.75, 3.05) is 0 Å². The molecule has 1 unspecified atom stereocenters. The zero-order valence-electron chi connectivity index (χ0n) is 10.4. The summed E-state index contributed by atoms with van der Waals surface area (Å²) in [5, 5.41) is 4.07. The lowest BCUT2D eigenvalue weighted by Crippen LogP contribution is -2.05. The Hall–Kier alpha value is -1.68. The molecule has 0 aliphatic heterocycles. The Morgan fingerprint density at radius 3 is 3.00 bits per heavy atom. The van der Waals surface area contributed by atoms with Gasteiger partial charge in [-0.15, -0.1) is 0 Å². The van der Waals surface area contributed by atoms with Crippen LogP contribution in [0.25, 0.3) is 11.1 Å². The number of hydrogen-bond donors (Lipinski definition) is 1. The first kappa shape index (κ1) is 11.4. The van der Waals surface area contributed by atoms with Crippen molar-refractivity contribution in [3.8, 4) is 11.1 Å². The highest BCUT2D eigenvalue weighted by atomic mass is 19.1. The van der Waals surface area contributed by atoms with Gasteiger partial charge in [-0.1, -0.05) is 18.2 Å². The summed E-state index contributed by atoms with van der Waals surface area (Å²) in [6, 6.07) is 6.03. The van der Waals surface area contributed by atoms with Crippen LogP contribution in [0.15, 0.2) is 24.4 Å². The van der Waals surface area contributed by atoms with Crippen LogP contribution in [-0.4, -0.2) is 9.78 Å². The molecular weight excluding hydrogens is 229 g/mol. The third kappa shape index (κ3) is 1.56. The maximum Gasteiger partial charge on any atom is 0.219 e. The zero-order valence-corrected chi connectivity index (χ0v) is 10.4. The van der Waals surface area contributed by atoms with Gasteiger partial charge < -0.3 is 5.73 Å². The Balaban J connectivity index is 2.15. The molecule has 1 aliphatic carbocycles. The molecule has 1 heterocycles. The number of fused-ring (bicyclic) bond motifs is 1. The predicted molar refractivity (Wildman–Crippen MR) is 68.5 cm³/mol. The van der Waals surface area contributed by atoms with Crippen LogP contribution in [0.4, 0.5) is 4.39 Å². The molecule has 1 aromatic heterocycles. The van der Waals surface area contributed by atoms with E-state index >= 15 is 0 Å². The van der Waals surface area contributed by atoms with Crippen LogP contribution in [0.1, 0.15) is 30.5 Å². The lowest BCUT2D eigenvalue weighted by Gasteiger charge is -2.08. The largest absolute Gasteiger partial charge is 0.324 e. The lowest BCUT2D eigenvalue weighted by molar-refractivity contribution is 0.473. The lowest BCUT2D eigenvalue weighted by atomic mass is 9.98. The number of aromatic nitrogens is 2. The van der Waals surface area contributed by atoms with Gasteiger partial charge in [0.25, 0.3) is 0 Å². The fourth-order valence-electron chi connectivity index (χ4n) is 2.71. The normalized spacial score (nSPS) is 18.1. The SMILES string of the molecule is CCn1ncc(-c2cccc3c2CCC3N)c1F. The van der Waals surface area contributed by atoms with Crippen LogP contribution >= 0.6 is 0 Å². The number of benzene rings is 1. The number of nitrogens with two attached hydrogens (primary N) is 1. The maximum atomic E-state index is 14.2. The average Bonchev–Trinajstić information content (AvgIpc) is 2.93. The molecule has 2 aromatic rings. The van der Waals surface area contributed by atoms with Crippen molar-refractivity contribution in [3.63, 3.8) is 0 Å². The first-order valence-corrected chi connectivity index (χ1v) is 6.31. The number of rotatable bonds is 2. The molecule has 0 saturated heterocycles. The van der Waals surface area contributed by atoms with Gasteiger partial charge in [0.2, 0.25) is 5.95 Å². The van der Waals surface area contributed by atoms with Crippen molar-refractivity contribution in [2.45, 2.75) is 32.4 Å². The topological polar surface area (TPSA) is 43.8 Å². The minimum atomic E-state index is -0.258. The van der Waals surface area contributed by atoms with E-state index in [9.17, 15) is 4.39 Å². The van der Waals surface area contributed by atoms with E-state index in [0.29, 0.717) is 12.1 Å². The second-order valence-electron chi connectivity index (χ2n) is 4.68. The van der Waals surface area contributed by atoms with Gasteiger partial charge in [0.1, 0.15) is 0 Å². The molecule has 1 aromatic carbocycles. The summed E-state index contributed by atoms with van der Waals surface area (Å²) >= 11 is 0. The molecule has 94 valence electrons. The Labute approximate surface area is 105 Å². The molecule has 0 saturated carbocycles. The van der Waals surface area contributed by atoms with Crippen molar-refractivity contribution < 1.29 is 4.39 Å². The standard InChI is InChI=1S/C14H16FN3/c1-2-18-14(15)12(8-17-18)9-4-3-5-11-10(9)6-7-13(11)16/h3-5,8,13H,2,6-7,16H2,1H3. The predicted octanol–water partition coefficient (Wildman–Crippen LogP) is 2.66. The van der Waals surface area contributed by atoms with E-state index in [1.807, 2.05) is 25.1 Å². The summed E-state index contributed by atoms with van der Waals surface area (Å²) < 4.78 is 15.5. The summed E-state index contributed by atoms with van der Waals surface area (Å²) in [6.45, 7) is 2.42. The first-order chi connectivity index (χ1) is 8.72. The summed E-state index contributed by atoms with van der Waals surface area (Å²) in [5.74, 6) is -0.258. The Morgan fingerprint density at radius 1 is 1.44 bits per heavy atom. The molecule has 1 aliphatic rings. The highest BCUT2D eigenvalue weighted by Crippen LogP contribution is 2.37. The molecule has 0 spiro atoms. The van der Waals surface area contributed by atoms with E-state index in [1.54, 1.807) is 6.20 Å². The number of aryl methyl sites for hydroxylation is 1. The van der Waals surface area contributed by atoms with Crippen molar-refractivity contribution in [1.82, 2.24) is 9.78 Å². The van der Waals surface area contributed by atoms with Gasteiger partial charge in [-0.05, 0) is 36.5 Å². The van der Waals surface area contributed by atoms with Gasteiger partial charge in [0.15, 0.2) is 0 Å². The van der Waals surface area contributed by atoms with E-state index in [4.69, 9.17) is 5.73 Å². The molecule has 3 rings (SSSR count). The second-order valence-corrected chi connectivity index (χ2v) is 4.68. The van der Waals surface area contributed by atoms with E-state index in [2.05, 4.69) is 5.10 Å². The Kier molecular flexibility index (Phi) is 2.67. The molecule has 0 amide bonds. The zero-order chi connectivity index (χ0) is 12.7. The van der Waals surface area contributed by atoms with Crippen molar-refractivity contribution in [1.29, 1.82) is 0 Å². The molecule has 18 heavy (non-hydrogen) atoms. The number of hydrogen-bond acceptors (Lipinski definition) is 2. The molecule has 4 heteroatoms. The van der Waals surface area contributed by atoms with Gasteiger partial charge in [-0.2, -0.15) is 9.49 Å². The van der Waals surface area contributed by atoms with E-state index in [0.717, 1.165) is 24.0 Å². The van der Waals surface area contributed by atoms with Crippen molar-refractivity contribution in [3.05, 3.63) is 41.5 Å². The van der Waals surface area contributed by atoms with Crippen LogP contribution in [0.3, 0.4) is 0 Å². The van der Waals surface area contributed by atoms with Gasteiger partial charge in [0.05, 0.1) is 11.8 Å². The Morgan fingerprint density at radius 2 is 2.28 bits per heavy atom. The monoisotopic (exact) mass is 245 g/mol. The summed E-state index contributed by atoms with van der Waals surface area (Å²) in [4.78, 5) is 0. The molecule has 1 atom stereocenters. The minimum Gasteiger partial charge on any atom is -0.324 e. The van der Waals surface area contributed by atoms with Crippen LogP contribution in [0.5, 0.6) is 0 Å². The highest BCUT2D eigenvalue weighted by Gasteiger charge is 2.24.